The van der Waals surface area contributed by atoms with Crippen LogP contribution in [0.1, 0.15) is 82.1 Å². The minimum absolute atomic E-state index is 0.104. The first-order chi connectivity index (χ1) is 31.7. The molecule has 2 N–H and O–H groups in total. The average Bonchev–Trinajstić information content (AvgIpc) is 3.31. The molecule has 2 fully saturated rings. The van der Waals surface area contributed by atoms with Crippen LogP contribution in [0.2, 0.25) is 5.02 Å². The van der Waals surface area contributed by atoms with Gasteiger partial charge in [0.1, 0.15) is 0 Å². The van der Waals surface area contributed by atoms with E-state index in [1.165, 1.54) is 28.8 Å². The number of rotatable bonds is 19. The molecule has 0 bridgehead atoms. The number of hydrogen-bond acceptors (Lipinski definition) is 11. The molecule has 2 atom stereocenters. The van der Waals surface area contributed by atoms with Gasteiger partial charge >= 0.3 is 0 Å². The summed E-state index contributed by atoms with van der Waals surface area (Å²) >= 11 is 5.15. The number of nitrogens with zero attached hydrogens (tertiary/aromatic N) is 4. The highest BCUT2D eigenvalue weighted by molar-refractivity contribution is 7.99. The molecule has 1 aliphatic carbocycles. The van der Waals surface area contributed by atoms with Crippen molar-refractivity contribution in [1.82, 2.24) is 19.4 Å². The van der Waals surface area contributed by atoms with Gasteiger partial charge in [0.2, 0.25) is 0 Å². The summed E-state index contributed by atoms with van der Waals surface area (Å²) in [6.45, 7) is 18.5. The zero-order chi connectivity index (χ0) is 46.8. The van der Waals surface area contributed by atoms with E-state index >= 15 is 0 Å². The van der Waals surface area contributed by atoms with Gasteiger partial charge in [-0.05, 0) is 159 Å². The van der Waals surface area contributed by atoms with Gasteiger partial charge in [0.05, 0.1) is 4.90 Å². The van der Waals surface area contributed by atoms with Gasteiger partial charge in [-0.15, -0.1) is 11.8 Å². The van der Waals surface area contributed by atoms with Crippen LogP contribution in [0.25, 0.3) is 5.57 Å². The van der Waals surface area contributed by atoms with E-state index < -0.39 is 27.0 Å². The van der Waals surface area contributed by atoms with Crippen LogP contribution in [-0.4, -0.2) is 121 Å². The third kappa shape index (κ3) is 13.5. The highest BCUT2D eigenvalue weighted by atomic mass is 35.5. The molecule has 0 spiro atoms. The number of anilines is 2. The first-order valence-electron chi connectivity index (χ1n) is 23.5. The Morgan fingerprint density at radius 2 is 1.59 bits per heavy atom. The number of hydrogen-bond donors (Lipinski definition) is 2. The summed E-state index contributed by atoms with van der Waals surface area (Å²) < 4.78 is 54.7. The van der Waals surface area contributed by atoms with Crippen molar-refractivity contribution < 1.29 is 22.0 Å². The highest BCUT2D eigenvalue weighted by Crippen LogP contribution is 2.43. The molecule has 4 aromatic rings. The van der Waals surface area contributed by atoms with Crippen molar-refractivity contribution in [2.45, 2.75) is 93.0 Å². The number of halogens is 1. The Morgan fingerprint density at radius 3 is 2.24 bits per heavy atom. The Bertz CT molecular complexity index is 2400. The maximum atomic E-state index is 13.6. The van der Waals surface area contributed by atoms with Crippen molar-refractivity contribution in [1.29, 1.82) is 0 Å². The summed E-state index contributed by atoms with van der Waals surface area (Å²) in [6.07, 6.45) is 6.31. The number of carbonyl (C=O) groups is 1. The summed E-state index contributed by atoms with van der Waals surface area (Å²) in [4.78, 5) is 23.8. The van der Waals surface area contributed by atoms with Crippen LogP contribution in [-0.2, 0) is 21.1 Å². The van der Waals surface area contributed by atoms with Gasteiger partial charge in [-0.25, -0.2) is 13.1 Å². The van der Waals surface area contributed by atoms with Gasteiger partial charge in [0.15, 0.2) is 0 Å². The zero-order valence-electron chi connectivity index (χ0n) is 38.8. The molecule has 2 heterocycles. The van der Waals surface area contributed by atoms with E-state index in [1.807, 2.05) is 42.5 Å². The van der Waals surface area contributed by atoms with Crippen LogP contribution >= 0.6 is 23.4 Å². The second-order valence-corrected chi connectivity index (χ2v) is 22.7. The van der Waals surface area contributed by atoms with Crippen molar-refractivity contribution in [2.75, 3.05) is 81.4 Å². The standard InChI is InChI=1S/C51H67ClN6O5S3/c1-5-57(6-2)44-24-28-55(29-25-44)27-23-42(37-64-45-10-8-7-9-11-45)53-48-21-20-46(34-49(48)65(60)61)66(62,63)54-50(59)39-14-18-43(19-15-39)58-32-30-56(31-33-58)36-40-35-51(3,4)26-22-47(40)38-12-16-41(52)17-13-38/h7-21,34,42,44,53H,5-6,22-33,35-37H2,1-4H3,(H,54,59)(H,60,61)/p-1/t42-/m1/s1. The number of allylic oxidation sites excluding steroid dienone is 1. The molecule has 2 saturated heterocycles. The lowest BCUT2D eigenvalue weighted by atomic mass is 9.73. The first-order valence-corrected chi connectivity index (χ1v) is 27.4. The Morgan fingerprint density at radius 1 is 0.909 bits per heavy atom. The maximum absolute atomic E-state index is 13.6. The molecule has 3 aliphatic rings. The number of benzene rings is 4. The van der Waals surface area contributed by atoms with Crippen LogP contribution in [0.4, 0.5) is 11.4 Å². The summed E-state index contributed by atoms with van der Waals surface area (Å²) in [7, 11) is -4.42. The lowest BCUT2D eigenvalue weighted by molar-refractivity contribution is 0.0981. The Kier molecular flexibility index (Phi) is 17.5. The molecule has 66 heavy (non-hydrogen) atoms. The number of thioether (sulfide) groups is 1. The van der Waals surface area contributed by atoms with Gasteiger partial charge in [0.25, 0.3) is 15.9 Å². The van der Waals surface area contributed by atoms with E-state index in [-0.39, 0.29) is 26.8 Å². The second-order valence-electron chi connectivity index (χ2n) is 18.6. The van der Waals surface area contributed by atoms with Crippen molar-refractivity contribution in [2.24, 2.45) is 5.41 Å². The Labute approximate surface area is 405 Å². The molecule has 0 aromatic heterocycles. The minimum Gasteiger partial charge on any atom is -0.768 e. The monoisotopic (exact) mass is 973 g/mol. The van der Waals surface area contributed by atoms with Crippen molar-refractivity contribution >= 4 is 67.3 Å². The maximum Gasteiger partial charge on any atom is 0.264 e. The van der Waals surface area contributed by atoms with E-state index in [2.05, 4.69) is 81.6 Å². The van der Waals surface area contributed by atoms with Crippen molar-refractivity contribution in [3.63, 3.8) is 0 Å². The zero-order valence-corrected chi connectivity index (χ0v) is 42.1. The Balaban J connectivity index is 0.957. The SMILES string of the molecule is CCN(CC)C1CCN(CC[C@H](CSc2ccccc2)Nc2ccc(S(=O)(=O)NC(=O)c3ccc(N4CCN(CC5=C(c6ccc(Cl)cc6)CCC(C)(C)C5)CC4)cc3)cc2S(=O)[O-])CC1. The molecule has 356 valence electrons. The number of nitrogens with one attached hydrogen (secondary N) is 2. The molecule has 1 amide bonds. The van der Waals surface area contributed by atoms with Crippen LogP contribution in [0, 0.1) is 5.41 Å². The van der Waals surface area contributed by atoms with Crippen LogP contribution in [0.15, 0.2) is 117 Å². The summed E-state index contributed by atoms with van der Waals surface area (Å²) in [5.74, 6) is -0.114. The molecule has 0 saturated carbocycles. The van der Waals surface area contributed by atoms with E-state index in [9.17, 15) is 22.0 Å². The van der Waals surface area contributed by atoms with Crippen LogP contribution in [0.5, 0.6) is 0 Å². The fourth-order valence-corrected chi connectivity index (χ4v) is 12.4. The normalized spacial score (nSPS) is 18.6. The predicted molar refractivity (Wildman–Crippen MR) is 271 cm³/mol. The molecule has 11 nitrogen and oxygen atoms in total. The van der Waals surface area contributed by atoms with E-state index in [1.54, 1.807) is 23.9 Å². The molecule has 1 unspecified atom stereocenters. The number of piperazine rings is 1. The number of piperidine rings is 1. The van der Waals surface area contributed by atoms with Crippen LogP contribution < -0.4 is 14.9 Å². The molecule has 15 heteroatoms. The van der Waals surface area contributed by atoms with Gasteiger partial charge in [-0.3, -0.25) is 13.9 Å². The number of carbonyl (C=O) groups excluding carboxylic acids is 1. The average molecular weight is 975 g/mol. The van der Waals surface area contributed by atoms with Gasteiger partial charge < -0.3 is 24.6 Å². The molecule has 4 aromatic carbocycles. The van der Waals surface area contributed by atoms with Crippen molar-refractivity contribution in [3.05, 3.63) is 119 Å². The number of amides is 1. The van der Waals surface area contributed by atoms with Crippen molar-refractivity contribution in [3.8, 4) is 0 Å². The second kappa shape index (κ2) is 23.0. The lowest BCUT2D eigenvalue weighted by Gasteiger charge is -2.39. The van der Waals surface area contributed by atoms with Crippen LogP contribution in [0.3, 0.4) is 0 Å². The fraction of sp³-hybridized carbons (Fsp3) is 0.471. The Hall–Kier alpha value is -3.73. The highest BCUT2D eigenvalue weighted by Gasteiger charge is 2.30. The molecule has 2 aliphatic heterocycles. The molecule has 7 rings (SSSR count). The fourth-order valence-electron chi connectivity index (χ4n) is 9.71. The predicted octanol–water partition coefficient (Wildman–Crippen LogP) is 9.25. The molecule has 0 radical (unpaired) electrons. The molecular formula is C51H66ClN6O5S3-. The van der Waals surface area contributed by atoms with E-state index in [0.29, 0.717) is 17.5 Å². The smallest absolute Gasteiger partial charge is 0.264 e. The lowest BCUT2D eigenvalue weighted by Crippen LogP contribution is -2.47. The summed E-state index contributed by atoms with van der Waals surface area (Å²) in [5, 5.41) is 4.20. The topological polar surface area (TPSA) is 128 Å². The third-order valence-electron chi connectivity index (χ3n) is 13.5. The van der Waals surface area contributed by atoms with Gasteiger partial charge in [0, 0.05) is 88.9 Å². The van der Waals surface area contributed by atoms with E-state index in [4.69, 9.17) is 11.6 Å². The molecular weight excluding hydrogens is 908 g/mol. The van der Waals surface area contributed by atoms with Gasteiger partial charge in [-0.1, -0.05) is 75.2 Å². The summed E-state index contributed by atoms with van der Waals surface area (Å²) in [5.41, 5.74) is 5.93. The van der Waals surface area contributed by atoms with E-state index in [0.717, 1.165) is 126 Å². The summed E-state index contributed by atoms with van der Waals surface area (Å²) in [6, 6.07) is 29.7. The largest absolute Gasteiger partial charge is 0.768 e. The quantitative estimate of drug-likeness (QED) is 0.0690. The minimum atomic E-state index is -4.42. The van der Waals surface area contributed by atoms with Gasteiger partial charge in [-0.2, -0.15) is 0 Å². The first kappa shape index (κ1) is 50.2. The third-order valence-corrected chi connectivity index (χ3v) is 17.0. The number of likely N-dealkylation sites (tertiary alicyclic amines) is 1. The number of sulfonamides is 1.